The summed E-state index contributed by atoms with van der Waals surface area (Å²) in [6.45, 7) is 17.6. The highest BCUT2D eigenvalue weighted by Gasteiger charge is 2.41. The highest BCUT2D eigenvalue weighted by atomic mass is 16.5. The molecule has 14 heteroatoms. The zero-order valence-corrected chi connectivity index (χ0v) is 37.3. The van der Waals surface area contributed by atoms with E-state index in [2.05, 4.69) is 70.0 Å². The Morgan fingerprint density at radius 3 is 2.02 bits per heavy atom. The van der Waals surface area contributed by atoms with Crippen LogP contribution in [0.4, 0.5) is 0 Å². The topological polar surface area (TPSA) is 190 Å². The molecule has 0 bridgehead atoms. The number of carbonyl (C=O) groups is 5. The second-order valence-corrected chi connectivity index (χ2v) is 14.7. The van der Waals surface area contributed by atoms with Gasteiger partial charge in [-0.25, -0.2) is 0 Å². The van der Waals surface area contributed by atoms with E-state index in [1.807, 2.05) is 46.1 Å². The number of primary amides is 1. The smallest absolute Gasteiger partial charge is 0.306 e. The Kier molecular flexibility index (Phi) is 35.5. The molecule has 0 aromatic rings. The number of carboxylic acid groups (broad SMARTS) is 1. The molecule has 0 radical (unpaired) electrons. The largest absolute Gasteiger partial charge is 0.501 e. The van der Waals surface area contributed by atoms with E-state index in [4.69, 9.17) is 19.0 Å². The number of likely N-dealkylation sites (N-methyl/N-ethyl adjacent to an activating group) is 2. The van der Waals surface area contributed by atoms with Gasteiger partial charge in [0.2, 0.25) is 18.7 Å². The number of likely N-dealkylation sites (tertiary alicyclic amines) is 1. The van der Waals surface area contributed by atoms with Crippen molar-refractivity contribution in [2.24, 2.45) is 35.3 Å². The quantitative estimate of drug-likeness (QED) is 0.123. The Bertz CT molecular complexity index is 1100. The molecule has 0 saturated carbocycles. The first kappa shape index (κ1) is 57.0. The van der Waals surface area contributed by atoms with Gasteiger partial charge in [-0.2, -0.15) is 0 Å². The number of nitrogens with zero attached hydrogens (tertiary/aromatic N) is 2. The summed E-state index contributed by atoms with van der Waals surface area (Å²) in [4.78, 5) is 57.1. The second kappa shape index (κ2) is 34.9. The van der Waals surface area contributed by atoms with Crippen molar-refractivity contribution in [1.82, 2.24) is 20.4 Å². The summed E-state index contributed by atoms with van der Waals surface area (Å²) < 4.78 is 16.6. The maximum atomic E-state index is 12.0. The number of hydrogen-bond acceptors (Lipinski definition) is 10. The molecular weight excluding hydrogens is 718 g/mol. The number of hydrogen-bond donors (Lipinski definition) is 4. The molecule has 3 amide bonds. The first-order chi connectivity index (χ1) is 26.6. The monoisotopic (exact) mass is 800 g/mol. The number of ether oxygens (including phenoxy) is 3. The lowest BCUT2D eigenvalue weighted by Crippen LogP contribution is -2.46. The number of nitrogens with one attached hydrogen (secondary N) is 2. The zero-order chi connectivity index (χ0) is 43.8. The molecule has 2 aliphatic rings. The lowest BCUT2D eigenvalue weighted by atomic mass is 9.78. The Morgan fingerprint density at radius 1 is 1.04 bits per heavy atom. The number of amides is 3. The number of nitrogens with two attached hydrogens (primary N) is 1. The molecule has 0 aromatic carbocycles. The maximum Gasteiger partial charge on any atom is 0.306 e. The number of rotatable bonds is 20. The average molecular weight is 800 g/mol. The third kappa shape index (κ3) is 21.8. The highest BCUT2D eigenvalue weighted by molar-refractivity contribution is 5.83. The van der Waals surface area contributed by atoms with Crippen LogP contribution >= 0.6 is 0 Å². The molecule has 14 nitrogen and oxygen atoms in total. The zero-order valence-electron chi connectivity index (χ0n) is 37.3. The molecule has 0 aromatic heterocycles. The fraction of sp³-hybridized carbons (Fsp3) is 0.786. The second-order valence-electron chi connectivity index (χ2n) is 14.7. The van der Waals surface area contributed by atoms with Gasteiger partial charge in [-0.05, 0) is 77.1 Å². The Labute approximate surface area is 339 Å². The van der Waals surface area contributed by atoms with E-state index in [1.54, 1.807) is 26.2 Å². The van der Waals surface area contributed by atoms with E-state index in [1.165, 1.54) is 12.8 Å². The van der Waals surface area contributed by atoms with Crippen LogP contribution in [-0.2, 0) is 38.2 Å². The van der Waals surface area contributed by atoms with Gasteiger partial charge in [0.1, 0.15) is 6.29 Å². The number of carbonyl (C=O) groups excluding carboxylic acids is 4. The molecule has 328 valence electrons. The number of methoxy groups -OCH3 is 3. The minimum atomic E-state index is -0.824. The van der Waals surface area contributed by atoms with E-state index in [-0.39, 0.29) is 54.8 Å². The van der Waals surface area contributed by atoms with Crippen molar-refractivity contribution in [3.8, 4) is 0 Å². The fourth-order valence-corrected chi connectivity index (χ4v) is 7.22. The van der Waals surface area contributed by atoms with Crippen molar-refractivity contribution >= 4 is 31.0 Å². The lowest BCUT2D eigenvalue weighted by Gasteiger charge is -2.36. The summed E-state index contributed by atoms with van der Waals surface area (Å²) in [5.41, 5.74) is 4.17. The minimum Gasteiger partial charge on any atom is -0.501 e. The van der Waals surface area contributed by atoms with Crippen LogP contribution in [0.15, 0.2) is 24.0 Å². The third-order valence-corrected chi connectivity index (χ3v) is 10.1. The predicted octanol–water partition coefficient (Wildman–Crippen LogP) is 4.91. The number of allylic oxidation sites excluding steroid dienone is 4. The maximum absolute atomic E-state index is 12.0. The summed E-state index contributed by atoms with van der Waals surface area (Å²) in [5, 5.41) is 15.2. The van der Waals surface area contributed by atoms with Crippen molar-refractivity contribution in [2.45, 2.75) is 131 Å². The first-order valence-electron chi connectivity index (χ1n) is 20.2. The summed E-state index contributed by atoms with van der Waals surface area (Å²) in [7, 11) is 11.0. The van der Waals surface area contributed by atoms with Crippen LogP contribution in [0.2, 0.25) is 0 Å². The van der Waals surface area contributed by atoms with Gasteiger partial charge in [-0.1, -0.05) is 80.4 Å². The van der Waals surface area contributed by atoms with Gasteiger partial charge in [0.05, 0.1) is 49.6 Å². The van der Waals surface area contributed by atoms with E-state index in [0.29, 0.717) is 37.3 Å². The molecule has 5 N–H and O–H groups in total. The van der Waals surface area contributed by atoms with Crippen LogP contribution in [0.25, 0.3) is 0 Å². The highest BCUT2D eigenvalue weighted by Crippen LogP contribution is 2.35. The van der Waals surface area contributed by atoms with Crippen molar-refractivity contribution in [2.75, 3.05) is 55.6 Å². The summed E-state index contributed by atoms with van der Waals surface area (Å²) in [5.74, 6) is 0.0784. The van der Waals surface area contributed by atoms with Crippen LogP contribution < -0.4 is 16.4 Å². The van der Waals surface area contributed by atoms with E-state index in [9.17, 15) is 24.3 Å². The van der Waals surface area contributed by atoms with Crippen LogP contribution in [-0.4, -0.2) is 132 Å². The molecular formula is C42H81N5O9. The van der Waals surface area contributed by atoms with Crippen LogP contribution in [0, 0.1) is 29.6 Å². The van der Waals surface area contributed by atoms with Crippen molar-refractivity contribution in [3.05, 3.63) is 24.0 Å². The molecule has 2 rings (SSSR count). The van der Waals surface area contributed by atoms with Gasteiger partial charge in [0.25, 0.3) is 0 Å². The number of carboxylic acids is 1. The standard InChI is InChI=1S/C19H29NO5.C11H25NO.C8H16N2O2.C3H8.CH3NO/c1-13(18(25-3)16-8-6-10-20(16)12-21)15(19(22)23)11-14-7-4-5-9-17(14)24-2;1-7-9(3)11(12(4)5)10(8-2)13-6;1-6(2)7(9-3)8(12)10-4-5-11;1-3-2;2-1-3/h4-5,9,12-16,18H,6-8,10-11H2,1-3H3,(H,22,23);9-11H,7-8H2,1-6H3;5-7,9H,4H2,1-3H3,(H,10,12);3H2,1-2H3;1H,(H2,2,3). The van der Waals surface area contributed by atoms with Crippen molar-refractivity contribution in [3.63, 3.8) is 0 Å². The van der Waals surface area contributed by atoms with Gasteiger partial charge >= 0.3 is 5.97 Å². The van der Waals surface area contributed by atoms with Crippen LogP contribution in [0.3, 0.4) is 0 Å². The van der Waals surface area contributed by atoms with Gasteiger partial charge < -0.3 is 50.3 Å². The molecule has 1 aliphatic carbocycles. The molecule has 9 unspecified atom stereocenters. The summed E-state index contributed by atoms with van der Waals surface area (Å²) in [6.07, 6.45) is 14.3. The molecule has 1 aliphatic heterocycles. The van der Waals surface area contributed by atoms with Gasteiger partial charge in [-0.3, -0.25) is 19.2 Å². The van der Waals surface area contributed by atoms with Crippen LogP contribution in [0.5, 0.6) is 0 Å². The van der Waals surface area contributed by atoms with E-state index < -0.39 is 11.9 Å². The van der Waals surface area contributed by atoms with Crippen molar-refractivity contribution < 1.29 is 43.3 Å². The van der Waals surface area contributed by atoms with Crippen molar-refractivity contribution in [1.29, 1.82) is 0 Å². The molecule has 1 saturated heterocycles. The van der Waals surface area contributed by atoms with Gasteiger partial charge in [0.15, 0.2) is 0 Å². The minimum absolute atomic E-state index is 0.0527. The van der Waals surface area contributed by atoms with Gasteiger partial charge in [-0.15, -0.1) is 0 Å². The average Bonchev–Trinajstić information content (AvgIpc) is 3.64. The molecule has 9 atom stereocenters. The molecule has 0 spiro atoms. The van der Waals surface area contributed by atoms with E-state index >= 15 is 0 Å². The Balaban J connectivity index is -0.000000765. The normalized spacial score (nSPS) is 19.5. The summed E-state index contributed by atoms with van der Waals surface area (Å²) in [6, 6.07) is 0.271. The molecule has 56 heavy (non-hydrogen) atoms. The lowest BCUT2D eigenvalue weighted by molar-refractivity contribution is -0.147. The van der Waals surface area contributed by atoms with E-state index in [0.717, 1.165) is 37.9 Å². The fourth-order valence-electron chi connectivity index (χ4n) is 7.22. The Hall–Kier alpha value is -3.33. The third-order valence-electron chi connectivity index (χ3n) is 10.1. The number of aldehydes is 1. The van der Waals surface area contributed by atoms with Crippen LogP contribution in [0.1, 0.15) is 100 Å². The summed E-state index contributed by atoms with van der Waals surface area (Å²) >= 11 is 0. The van der Waals surface area contributed by atoms with Gasteiger partial charge in [0, 0.05) is 32.7 Å². The number of aliphatic carboxylic acids is 1. The first-order valence-corrected chi connectivity index (χ1v) is 20.2. The molecule has 1 heterocycles. The molecule has 1 fully saturated rings. The SMILES string of the molecule is CCC.CCC(C)C(C(CC)OC)N(C)C.CNC(C(=O)NCC=O)C(C)C.COC1=CC=CCC1CC(C(=O)O)C(C)C(OC)C1CCCN1C=O.NC=O. The predicted molar refractivity (Wildman–Crippen MR) is 225 cm³/mol. The Morgan fingerprint density at radius 2 is 1.62 bits per heavy atom.